The van der Waals surface area contributed by atoms with Crippen LogP contribution in [0.25, 0.3) is 0 Å². The lowest BCUT2D eigenvalue weighted by Crippen LogP contribution is -2.35. The zero-order valence-electron chi connectivity index (χ0n) is 14.4. The molecule has 1 aliphatic carbocycles. The summed E-state index contributed by atoms with van der Waals surface area (Å²) in [5.74, 6) is 0.898. The van der Waals surface area contributed by atoms with Crippen LogP contribution in [0.5, 0.6) is 0 Å². The molecule has 1 saturated carbocycles. The number of pyridine rings is 1. The van der Waals surface area contributed by atoms with Crippen molar-refractivity contribution in [2.75, 3.05) is 18.8 Å². The Hall–Kier alpha value is -1.12. The normalized spacial score (nSPS) is 16.2. The molecule has 1 aromatic rings. The predicted molar refractivity (Wildman–Crippen MR) is 95.4 cm³/mol. The van der Waals surface area contributed by atoms with Gasteiger partial charge >= 0.3 is 0 Å². The van der Waals surface area contributed by atoms with E-state index in [1.54, 1.807) is 26.0 Å². The van der Waals surface area contributed by atoms with Gasteiger partial charge in [0, 0.05) is 25.3 Å². The molecule has 2 rings (SSSR count). The van der Waals surface area contributed by atoms with Gasteiger partial charge in [0.05, 0.1) is 10.8 Å². The highest BCUT2D eigenvalue weighted by molar-refractivity contribution is 7.99. The van der Waals surface area contributed by atoms with Gasteiger partial charge in [-0.15, -0.1) is 0 Å². The van der Waals surface area contributed by atoms with Crippen molar-refractivity contribution in [1.29, 1.82) is 0 Å². The average Bonchev–Trinajstić information content (AvgIpc) is 3.39. The Morgan fingerprint density at radius 3 is 2.54 bits per heavy atom. The summed E-state index contributed by atoms with van der Waals surface area (Å²) in [5, 5.41) is 3.63. The Kier molecular flexibility index (Phi) is 6.65. The van der Waals surface area contributed by atoms with Crippen LogP contribution in [0.3, 0.4) is 0 Å². The molecule has 1 atom stereocenters. The summed E-state index contributed by atoms with van der Waals surface area (Å²) in [5.41, 5.74) is 0. The fourth-order valence-electron chi connectivity index (χ4n) is 2.47. The minimum atomic E-state index is -3.49. The second-order valence-electron chi connectivity index (χ2n) is 5.90. The van der Waals surface area contributed by atoms with E-state index in [-0.39, 0.29) is 22.6 Å². The molecule has 0 spiro atoms. The summed E-state index contributed by atoms with van der Waals surface area (Å²) in [6.07, 6.45) is 3.75. The quantitative estimate of drug-likeness (QED) is 0.673. The van der Waals surface area contributed by atoms with Crippen LogP contribution >= 0.6 is 11.8 Å². The van der Waals surface area contributed by atoms with E-state index in [4.69, 9.17) is 0 Å². The molecule has 134 valence electrons. The van der Waals surface area contributed by atoms with Crippen molar-refractivity contribution < 1.29 is 13.2 Å². The summed E-state index contributed by atoms with van der Waals surface area (Å²) in [7, 11) is -3.49. The van der Waals surface area contributed by atoms with Gasteiger partial charge in [0.2, 0.25) is 15.9 Å². The van der Waals surface area contributed by atoms with E-state index in [0.717, 1.165) is 0 Å². The molecular formula is C16H25N3O3S2. The van der Waals surface area contributed by atoms with Crippen molar-refractivity contribution in [2.24, 2.45) is 5.92 Å². The molecule has 0 unspecified atom stereocenters. The van der Waals surface area contributed by atoms with Gasteiger partial charge in [0.1, 0.15) is 4.90 Å². The fraction of sp³-hybridized carbons (Fsp3) is 0.625. The largest absolute Gasteiger partial charge is 0.353 e. The first kappa shape index (κ1) is 19.2. The minimum absolute atomic E-state index is 0.0129. The second kappa shape index (κ2) is 8.31. The third kappa shape index (κ3) is 4.94. The number of thioether (sulfide) groups is 1. The number of carbonyl (C=O) groups excluding carboxylic acids is 1. The Labute approximate surface area is 148 Å². The van der Waals surface area contributed by atoms with E-state index in [1.165, 1.54) is 35.1 Å². The van der Waals surface area contributed by atoms with E-state index in [0.29, 0.717) is 24.0 Å². The molecule has 1 aromatic heterocycles. The molecule has 24 heavy (non-hydrogen) atoms. The van der Waals surface area contributed by atoms with Crippen molar-refractivity contribution in [3.05, 3.63) is 18.3 Å². The van der Waals surface area contributed by atoms with Gasteiger partial charge in [-0.25, -0.2) is 13.4 Å². The predicted octanol–water partition coefficient (Wildman–Crippen LogP) is 2.12. The molecule has 0 bridgehead atoms. The van der Waals surface area contributed by atoms with Gasteiger partial charge in [0.15, 0.2) is 0 Å². The Balaban J connectivity index is 1.90. The van der Waals surface area contributed by atoms with Crippen LogP contribution in [0, 0.1) is 5.92 Å². The van der Waals surface area contributed by atoms with Gasteiger partial charge in [0.25, 0.3) is 0 Å². The first-order chi connectivity index (χ1) is 11.4. The molecule has 1 heterocycles. The first-order valence-corrected chi connectivity index (χ1v) is 10.7. The second-order valence-corrected chi connectivity index (χ2v) is 8.84. The number of hydrogen-bond acceptors (Lipinski definition) is 5. The van der Waals surface area contributed by atoms with Crippen molar-refractivity contribution in [1.82, 2.24) is 14.6 Å². The van der Waals surface area contributed by atoms with Gasteiger partial charge in [-0.3, -0.25) is 4.79 Å². The van der Waals surface area contributed by atoms with E-state index in [1.807, 2.05) is 6.92 Å². The molecule has 0 saturated heterocycles. The summed E-state index contributed by atoms with van der Waals surface area (Å²) in [6.45, 7) is 6.49. The monoisotopic (exact) mass is 371 g/mol. The number of carbonyl (C=O) groups is 1. The third-order valence-corrected chi connectivity index (χ3v) is 7.10. The molecule has 1 aliphatic rings. The van der Waals surface area contributed by atoms with Crippen molar-refractivity contribution >= 4 is 27.7 Å². The van der Waals surface area contributed by atoms with Gasteiger partial charge < -0.3 is 5.32 Å². The number of sulfonamides is 1. The number of nitrogens with one attached hydrogen (secondary N) is 1. The number of amides is 1. The molecule has 8 heteroatoms. The van der Waals surface area contributed by atoms with Crippen LogP contribution in [-0.2, 0) is 14.8 Å². The van der Waals surface area contributed by atoms with Crippen LogP contribution < -0.4 is 5.32 Å². The first-order valence-electron chi connectivity index (χ1n) is 8.26. The zero-order chi connectivity index (χ0) is 17.7. The smallest absolute Gasteiger partial charge is 0.244 e. The van der Waals surface area contributed by atoms with Crippen molar-refractivity contribution in [3.63, 3.8) is 0 Å². The van der Waals surface area contributed by atoms with Gasteiger partial charge in [-0.1, -0.05) is 25.6 Å². The number of rotatable bonds is 9. The van der Waals surface area contributed by atoms with Crippen LogP contribution in [0.2, 0.25) is 0 Å². The fourth-order valence-corrected chi connectivity index (χ4v) is 4.52. The number of aromatic nitrogens is 1. The highest BCUT2D eigenvalue weighted by atomic mass is 32.2. The Morgan fingerprint density at radius 2 is 2.04 bits per heavy atom. The molecular weight excluding hydrogens is 346 g/mol. The lowest BCUT2D eigenvalue weighted by Gasteiger charge is -2.18. The molecule has 1 fully saturated rings. The Morgan fingerprint density at radius 1 is 1.38 bits per heavy atom. The average molecular weight is 372 g/mol. The topological polar surface area (TPSA) is 79.4 Å². The van der Waals surface area contributed by atoms with E-state index in [2.05, 4.69) is 10.3 Å². The minimum Gasteiger partial charge on any atom is -0.353 e. The van der Waals surface area contributed by atoms with E-state index < -0.39 is 10.0 Å². The summed E-state index contributed by atoms with van der Waals surface area (Å²) >= 11 is 1.31. The van der Waals surface area contributed by atoms with E-state index >= 15 is 0 Å². The lowest BCUT2D eigenvalue weighted by atomic mass is 10.2. The summed E-state index contributed by atoms with van der Waals surface area (Å²) in [4.78, 5) is 16.2. The molecule has 1 amide bonds. The molecule has 1 N–H and O–H groups in total. The summed E-state index contributed by atoms with van der Waals surface area (Å²) in [6, 6.07) is 3.43. The maximum absolute atomic E-state index is 12.4. The van der Waals surface area contributed by atoms with Crippen molar-refractivity contribution in [3.8, 4) is 0 Å². The lowest BCUT2D eigenvalue weighted by molar-refractivity contribution is -0.119. The number of nitrogens with zero attached hydrogens (tertiary/aromatic N) is 2. The highest BCUT2D eigenvalue weighted by Crippen LogP contribution is 2.32. The molecule has 0 aliphatic heterocycles. The molecule has 0 radical (unpaired) electrons. The maximum atomic E-state index is 12.4. The van der Waals surface area contributed by atoms with Crippen molar-refractivity contribution in [2.45, 2.75) is 49.6 Å². The Bertz CT molecular complexity index is 654. The van der Waals surface area contributed by atoms with Crippen LogP contribution in [0.15, 0.2) is 28.3 Å². The van der Waals surface area contributed by atoms with Gasteiger partial charge in [-0.05, 0) is 37.8 Å². The van der Waals surface area contributed by atoms with Gasteiger partial charge in [-0.2, -0.15) is 4.31 Å². The SMILES string of the molecule is CCN(CC)S(=O)(=O)c1ccc(SCC(=O)N[C@@H](C)C2CC2)nc1. The third-order valence-electron chi connectivity index (χ3n) is 4.12. The van der Waals surface area contributed by atoms with E-state index in [9.17, 15) is 13.2 Å². The van der Waals surface area contributed by atoms with Crippen LogP contribution in [0.4, 0.5) is 0 Å². The standard InChI is InChI=1S/C16H25N3O3S2/c1-4-19(5-2)24(21,22)14-8-9-16(17-10-14)23-11-15(20)18-12(3)13-6-7-13/h8-10,12-13H,4-7,11H2,1-3H3,(H,18,20)/t12-/m0/s1. The summed E-state index contributed by atoms with van der Waals surface area (Å²) < 4.78 is 26.1. The molecule has 6 nitrogen and oxygen atoms in total. The highest BCUT2D eigenvalue weighted by Gasteiger charge is 2.28. The number of hydrogen-bond donors (Lipinski definition) is 1. The maximum Gasteiger partial charge on any atom is 0.244 e. The zero-order valence-corrected chi connectivity index (χ0v) is 16.0. The van der Waals surface area contributed by atoms with Crippen LogP contribution in [-0.4, -0.2) is 48.5 Å². The molecule has 0 aromatic carbocycles. The van der Waals surface area contributed by atoms with Crippen LogP contribution in [0.1, 0.15) is 33.6 Å².